The lowest BCUT2D eigenvalue weighted by molar-refractivity contribution is -0.118. The molecule has 9 nitrogen and oxygen atoms in total. The molecule has 29 heavy (non-hydrogen) atoms. The number of hydrogen-bond donors (Lipinski definition) is 2. The number of hydrogen-bond acceptors (Lipinski definition) is 6. The number of nitrogens with one attached hydrogen (secondary N) is 2. The van der Waals surface area contributed by atoms with Gasteiger partial charge in [-0.25, -0.2) is 13.1 Å². The minimum atomic E-state index is -3.77. The Kier molecular flexibility index (Phi) is 5.20. The normalized spacial score (nSPS) is 17.2. The van der Waals surface area contributed by atoms with Crippen LogP contribution in [0.1, 0.15) is 23.2 Å². The third-order valence-electron chi connectivity index (χ3n) is 4.91. The molecule has 2 amide bonds. The van der Waals surface area contributed by atoms with Crippen LogP contribution in [0.25, 0.3) is 0 Å². The Morgan fingerprint density at radius 3 is 2.76 bits per heavy atom. The van der Waals surface area contributed by atoms with Crippen LogP contribution < -0.4 is 14.8 Å². The number of rotatable bonds is 4. The van der Waals surface area contributed by atoms with Gasteiger partial charge < -0.3 is 15.0 Å². The molecule has 2 aromatic rings. The first-order valence-corrected chi connectivity index (χ1v) is 10.7. The van der Waals surface area contributed by atoms with Crippen molar-refractivity contribution in [3.63, 3.8) is 0 Å². The minimum absolute atomic E-state index is 0.0518. The van der Waals surface area contributed by atoms with E-state index >= 15 is 0 Å². The fourth-order valence-corrected chi connectivity index (χ4v) is 4.72. The third kappa shape index (κ3) is 4.22. The highest BCUT2D eigenvalue weighted by atomic mass is 32.2. The summed E-state index contributed by atoms with van der Waals surface area (Å²) in [5.41, 5.74) is 0.853. The first-order chi connectivity index (χ1) is 13.9. The molecule has 0 radical (unpaired) electrons. The number of sulfonamides is 1. The third-order valence-corrected chi connectivity index (χ3v) is 6.42. The predicted molar refractivity (Wildman–Crippen MR) is 104 cm³/mol. The molecule has 2 aliphatic heterocycles. The molecular weight excluding hydrogens is 396 g/mol. The van der Waals surface area contributed by atoms with Crippen LogP contribution in [-0.4, -0.2) is 55.9 Å². The highest BCUT2D eigenvalue weighted by Gasteiger charge is 2.28. The molecule has 4 rings (SSSR count). The van der Waals surface area contributed by atoms with Gasteiger partial charge in [-0.2, -0.15) is 0 Å². The number of carbonyl (C=O) groups excluding carboxylic acids is 2. The van der Waals surface area contributed by atoms with Crippen molar-refractivity contribution < 1.29 is 22.7 Å². The average molecular weight is 416 g/mol. The van der Waals surface area contributed by atoms with Crippen LogP contribution in [0.3, 0.4) is 0 Å². The lowest BCUT2D eigenvalue weighted by Gasteiger charge is -2.32. The summed E-state index contributed by atoms with van der Waals surface area (Å²) in [4.78, 5) is 29.6. The van der Waals surface area contributed by atoms with Crippen molar-refractivity contribution >= 4 is 27.5 Å². The number of piperidine rings is 1. The Morgan fingerprint density at radius 1 is 1.24 bits per heavy atom. The Balaban J connectivity index is 1.39. The molecule has 0 unspecified atom stereocenters. The molecule has 0 spiro atoms. The van der Waals surface area contributed by atoms with Crippen LogP contribution in [0.5, 0.6) is 5.75 Å². The van der Waals surface area contributed by atoms with Crippen molar-refractivity contribution in [3.05, 3.63) is 48.3 Å². The zero-order valence-electron chi connectivity index (χ0n) is 15.5. The summed E-state index contributed by atoms with van der Waals surface area (Å²) < 4.78 is 33.5. The van der Waals surface area contributed by atoms with Gasteiger partial charge in [0, 0.05) is 31.5 Å². The molecule has 152 valence electrons. The summed E-state index contributed by atoms with van der Waals surface area (Å²) in [5.74, 6) is 0.00118. The first-order valence-electron chi connectivity index (χ1n) is 9.21. The van der Waals surface area contributed by atoms with Gasteiger partial charge in [0.15, 0.2) is 6.61 Å². The van der Waals surface area contributed by atoms with E-state index in [9.17, 15) is 18.0 Å². The molecule has 0 bridgehead atoms. The van der Waals surface area contributed by atoms with Crippen LogP contribution >= 0.6 is 0 Å². The van der Waals surface area contributed by atoms with Gasteiger partial charge in [0.1, 0.15) is 5.75 Å². The van der Waals surface area contributed by atoms with Gasteiger partial charge in [-0.3, -0.25) is 14.6 Å². The molecule has 2 N–H and O–H groups in total. The SMILES string of the molecule is O=C1COc2ccc(S(=O)(=O)NC3CCN(C(=O)c4cccnc4)CC3)cc2N1. The maximum Gasteiger partial charge on any atom is 0.262 e. The Bertz CT molecular complexity index is 1030. The fraction of sp³-hybridized carbons (Fsp3) is 0.316. The topological polar surface area (TPSA) is 118 Å². The van der Waals surface area contributed by atoms with Crippen molar-refractivity contribution in [3.8, 4) is 5.75 Å². The predicted octanol–water partition coefficient (Wildman–Crippen LogP) is 0.996. The van der Waals surface area contributed by atoms with Crippen molar-refractivity contribution in [1.82, 2.24) is 14.6 Å². The van der Waals surface area contributed by atoms with E-state index in [-0.39, 0.29) is 29.4 Å². The number of ether oxygens (including phenoxy) is 1. The van der Waals surface area contributed by atoms with Gasteiger partial charge in [0.2, 0.25) is 10.0 Å². The summed E-state index contributed by atoms with van der Waals surface area (Å²) >= 11 is 0. The molecular formula is C19H20N4O5S. The Morgan fingerprint density at radius 2 is 2.03 bits per heavy atom. The number of amides is 2. The number of fused-ring (bicyclic) bond motifs is 1. The molecule has 3 heterocycles. The summed E-state index contributed by atoms with van der Waals surface area (Å²) in [5, 5.41) is 2.60. The number of aromatic nitrogens is 1. The van der Waals surface area contributed by atoms with Gasteiger partial charge in [-0.15, -0.1) is 0 Å². The van der Waals surface area contributed by atoms with E-state index in [0.29, 0.717) is 42.9 Å². The van der Waals surface area contributed by atoms with Crippen LogP contribution in [0.2, 0.25) is 0 Å². The van der Waals surface area contributed by atoms with Crippen LogP contribution in [0, 0.1) is 0 Å². The fourth-order valence-electron chi connectivity index (χ4n) is 3.39. The largest absolute Gasteiger partial charge is 0.482 e. The lowest BCUT2D eigenvalue weighted by Crippen LogP contribution is -2.46. The molecule has 0 saturated carbocycles. The molecule has 1 fully saturated rings. The van der Waals surface area contributed by atoms with E-state index in [1.165, 1.54) is 24.4 Å². The minimum Gasteiger partial charge on any atom is -0.482 e. The molecule has 2 aliphatic rings. The van der Waals surface area contributed by atoms with Gasteiger partial charge in [0.25, 0.3) is 11.8 Å². The number of nitrogens with zero attached hydrogens (tertiary/aromatic N) is 2. The molecule has 0 atom stereocenters. The second-order valence-electron chi connectivity index (χ2n) is 6.92. The van der Waals surface area contributed by atoms with Crippen LogP contribution in [-0.2, 0) is 14.8 Å². The van der Waals surface area contributed by atoms with Gasteiger partial charge in [0.05, 0.1) is 16.1 Å². The maximum absolute atomic E-state index is 12.8. The van der Waals surface area contributed by atoms with E-state index < -0.39 is 10.0 Å². The summed E-state index contributed by atoms with van der Waals surface area (Å²) in [7, 11) is -3.77. The van der Waals surface area contributed by atoms with Crippen molar-refractivity contribution in [2.24, 2.45) is 0 Å². The van der Waals surface area contributed by atoms with E-state index in [2.05, 4.69) is 15.0 Å². The lowest BCUT2D eigenvalue weighted by atomic mass is 10.1. The Hall–Kier alpha value is -2.98. The number of benzene rings is 1. The number of carbonyl (C=O) groups is 2. The highest BCUT2D eigenvalue weighted by Crippen LogP contribution is 2.30. The zero-order chi connectivity index (χ0) is 20.4. The second kappa shape index (κ2) is 7.80. The smallest absolute Gasteiger partial charge is 0.262 e. The molecule has 1 saturated heterocycles. The van der Waals surface area contributed by atoms with E-state index in [1.807, 2.05) is 0 Å². The maximum atomic E-state index is 12.8. The number of pyridine rings is 1. The van der Waals surface area contributed by atoms with Crippen molar-refractivity contribution in [2.75, 3.05) is 25.0 Å². The molecule has 1 aromatic heterocycles. The standard InChI is InChI=1S/C19H20N4O5S/c24-18-12-28-17-4-3-15(10-16(17)21-18)29(26,27)22-14-5-8-23(9-6-14)19(25)13-2-1-7-20-11-13/h1-4,7,10-11,14,22H,5-6,8-9,12H2,(H,21,24). The Labute approximate surface area is 168 Å². The van der Waals surface area contributed by atoms with Gasteiger partial charge in [-0.05, 0) is 43.2 Å². The van der Waals surface area contributed by atoms with E-state index in [0.717, 1.165) is 0 Å². The van der Waals surface area contributed by atoms with Crippen molar-refractivity contribution in [2.45, 2.75) is 23.8 Å². The summed E-state index contributed by atoms with van der Waals surface area (Å²) in [6.07, 6.45) is 4.15. The second-order valence-corrected chi connectivity index (χ2v) is 8.64. The quantitative estimate of drug-likeness (QED) is 0.768. The highest BCUT2D eigenvalue weighted by molar-refractivity contribution is 7.89. The monoisotopic (exact) mass is 416 g/mol. The van der Waals surface area contributed by atoms with E-state index in [1.54, 1.807) is 23.2 Å². The van der Waals surface area contributed by atoms with E-state index in [4.69, 9.17) is 4.74 Å². The van der Waals surface area contributed by atoms with Crippen LogP contribution in [0.4, 0.5) is 5.69 Å². The zero-order valence-corrected chi connectivity index (χ0v) is 16.3. The number of anilines is 1. The molecule has 0 aliphatic carbocycles. The summed E-state index contributed by atoms with van der Waals surface area (Å²) in [6.45, 7) is 0.817. The van der Waals surface area contributed by atoms with Crippen LogP contribution in [0.15, 0.2) is 47.6 Å². The van der Waals surface area contributed by atoms with Gasteiger partial charge >= 0.3 is 0 Å². The first kappa shape index (κ1) is 19.3. The average Bonchev–Trinajstić information content (AvgIpc) is 2.73. The summed E-state index contributed by atoms with van der Waals surface area (Å²) in [6, 6.07) is 7.50. The van der Waals surface area contributed by atoms with Gasteiger partial charge in [-0.1, -0.05) is 0 Å². The number of likely N-dealkylation sites (tertiary alicyclic amines) is 1. The molecule has 10 heteroatoms. The molecule has 1 aromatic carbocycles. The van der Waals surface area contributed by atoms with Crippen molar-refractivity contribution in [1.29, 1.82) is 0 Å².